The number of aliphatic hydroxyl groups is 2. The van der Waals surface area contributed by atoms with Gasteiger partial charge in [0.1, 0.15) is 5.82 Å². The maximum absolute atomic E-state index is 13.1. The average Bonchev–Trinajstić information content (AvgIpc) is 2.24. The number of aliphatic hydroxyl groups excluding tert-OH is 2. The second-order valence-corrected chi connectivity index (χ2v) is 4.05. The van der Waals surface area contributed by atoms with Crippen LogP contribution in [0.25, 0.3) is 0 Å². The van der Waals surface area contributed by atoms with Crippen LogP contribution >= 0.6 is 15.9 Å². The van der Waals surface area contributed by atoms with Crippen LogP contribution in [0, 0.1) is 5.82 Å². The van der Waals surface area contributed by atoms with Gasteiger partial charge in [-0.15, -0.1) is 0 Å². The van der Waals surface area contributed by atoms with E-state index in [4.69, 9.17) is 10.2 Å². The number of hydrogen-bond donors (Lipinski definition) is 3. The molecule has 0 bridgehead atoms. The zero-order valence-electron chi connectivity index (χ0n) is 8.08. The lowest BCUT2D eigenvalue weighted by atomic mass is 10.2. The van der Waals surface area contributed by atoms with Crippen molar-refractivity contribution in [2.75, 3.05) is 13.2 Å². The molecule has 0 spiro atoms. The van der Waals surface area contributed by atoms with E-state index in [2.05, 4.69) is 21.2 Å². The number of hydrogen-bond acceptors (Lipinski definition) is 3. The molecular formula is C10H13BrFNO2. The second-order valence-electron chi connectivity index (χ2n) is 3.19. The van der Waals surface area contributed by atoms with Crippen molar-refractivity contribution < 1.29 is 14.6 Å². The minimum Gasteiger partial charge on any atom is -0.395 e. The van der Waals surface area contributed by atoms with Crippen molar-refractivity contribution >= 4 is 15.9 Å². The van der Waals surface area contributed by atoms with Crippen LogP contribution in [-0.2, 0) is 6.54 Å². The number of nitrogens with one attached hydrogen (secondary N) is 1. The van der Waals surface area contributed by atoms with Crippen LogP contribution in [0.15, 0.2) is 22.7 Å². The van der Waals surface area contributed by atoms with Crippen LogP contribution in [0.3, 0.4) is 0 Å². The molecule has 0 saturated carbocycles. The first-order valence-electron chi connectivity index (χ1n) is 4.56. The molecule has 0 aliphatic rings. The molecule has 3 nitrogen and oxygen atoms in total. The summed E-state index contributed by atoms with van der Waals surface area (Å²) in [6, 6.07) is 4.44. The summed E-state index contributed by atoms with van der Waals surface area (Å²) >= 11 is 3.06. The molecule has 0 amide bonds. The molecule has 0 radical (unpaired) electrons. The highest BCUT2D eigenvalue weighted by Crippen LogP contribution is 2.16. The van der Waals surface area contributed by atoms with E-state index in [0.717, 1.165) is 5.56 Å². The van der Waals surface area contributed by atoms with Crippen LogP contribution in [0.5, 0.6) is 0 Å². The Morgan fingerprint density at radius 2 is 2.00 bits per heavy atom. The Morgan fingerprint density at radius 3 is 2.53 bits per heavy atom. The second kappa shape index (κ2) is 6.17. The van der Waals surface area contributed by atoms with E-state index in [0.29, 0.717) is 11.0 Å². The molecule has 5 heteroatoms. The van der Waals surface area contributed by atoms with Gasteiger partial charge in [0, 0.05) is 6.54 Å². The topological polar surface area (TPSA) is 52.5 Å². The van der Waals surface area contributed by atoms with Crippen molar-refractivity contribution in [2.24, 2.45) is 0 Å². The minimum absolute atomic E-state index is 0.143. The van der Waals surface area contributed by atoms with Crippen molar-refractivity contribution in [3.63, 3.8) is 0 Å². The molecule has 0 saturated heterocycles. The molecule has 15 heavy (non-hydrogen) atoms. The largest absolute Gasteiger partial charge is 0.395 e. The Kier molecular flexibility index (Phi) is 5.17. The third-order valence-corrected chi connectivity index (χ3v) is 2.66. The summed E-state index contributed by atoms with van der Waals surface area (Å²) in [5.41, 5.74) is 0.766. The number of halogens is 2. The maximum atomic E-state index is 13.1. The van der Waals surface area contributed by atoms with E-state index < -0.39 is 0 Å². The summed E-state index contributed by atoms with van der Waals surface area (Å²) in [6.07, 6.45) is 0. The van der Waals surface area contributed by atoms with Gasteiger partial charge < -0.3 is 15.5 Å². The van der Waals surface area contributed by atoms with Crippen LogP contribution in [0.2, 0.25) is 0 Å². The Labute approximate surface area is 96.1 Å². The van der Waals surface area contributed by atoms with E-state index in [9.17, 15) is 4.39 Å². The third kappa shape index (κ3) is 3.87. The normalized spacial score (nSPS) is 11.0. The van der Waals surface area contributed by atoms with Gasteiger partial charge in [-0.05, 0) is 33.6 Å². The monoisotopic (exact) mass is 277 g/mol. The molecule has 84 valence electrons. The fraction of sp³-hybridized carbons (Fsp3) is 0.400. The zero-order valence-corrected chi connectivity index (χ0v) is 9.67. The molecule has 0 aromatic heterocycles. The van der Waals surface area contributed by atoms with E-state index >= 15 is 0 Å². The van der Waals surface area contributed by atoms with Crippen molar-refractivity contribution in [3.8, 4) is 0 Å². The molecule has 0 aliphatic carbocycles. The smallest absolute Gasteiger partial charge is 0.137 e. The van der Waals surface area contributed by atoms with Crippen molar-refractivity contribution in [1.82, 2.24) is 5.32 Å². The van der Waals surface area contributed by atoms with Crippen molar-refractivity contribution in [1.29, 1.82) is 0 Å². The summed E-state index contributed by atoms with van der Waals surface area (Å²) in [5, 5.41) is 20.5. The Balaban J connectivity index is 2.54. The lowest BCUT2D eigenvalue weighted by molar-refractivity contribution is 0.170. The lowest BCUT2D eigenvalue weighted by Gasteiger charge is -2.13. The summed E-state index contributed by atoms with van der Waals surface area (Å²) < 4.78 is 13.5. The fourth-order valence-corrected chi connectivity index (χ4v) is 1.35. The van der Waals surface area contributed by atoms with E-state index in [-0.39, 0.29) is 25.1 Å². The molecule has 3 N–H and O–H groups in total. The molecule has 0 atom stereocenters. The van der Waals surface area contributed by atoms with Crippen molar-refractivity contribution in [3.05, 3.63) is 34.1 Å². The highest BCUT2D eigenvalue weighted by atomic mass is 79.9. The average molecular weight is 278 g/mol. The maximum Gasteiger partial charge on any atom is 0.137 e. The van der Waals surface area contributed by atoms with Gasteiger partial charge in [-0.2, -0.15) is 0 Å². The quantitative estimate of drug-likeness (QED) is 0.754. The summed E-state index contributed by atoms with van der Waals surface area (Å²) in [6.45, 7) is 0.126. The molecule has 0 heterocycles. The van der Waals surface area contributed by atoms with E-state index in [1.54, 1.807) is 12.1 Å². The van der Waals surface area contributed by atoms with E-state index in [1.807, 2.05) is 0 Å². The zero-order chi connectivity index (χ0) is 11.3. The van der Waals surface area contributed by atoms with Crippen LogP contribution in [0.4, 0.5) is 4.39 Å². The summed E-state index contributed by atoms with van der Waals surface area (Å²) in [5.74, 6) is -0.321. The fourth-order valence-electron chi connectivity index (χ4n) is 1.10. The van der Waals surface area contributed by atoms with Gasteiger partial charge in [-0.3, -0.25) is 0 Å². The third-order valence-electron chi connectivity index (χ3n) is 2.02. The number of benzene rings is 1. The number of rotatable bonds is 5. The summed E-state index contributed by atoms with van der Waals surface area (Å²) in [7, 11) is 0. The van der Waals surface area contributed by atoms with Crippen LogP contribution in [0.1, 0.15) is 5.56 Å². The van der Waals surface area contributed by atoms with Gasteiger partial charge in [0.05, 0.1) is 23.7 Å². The van der Waals surface area contributed by atoms with Gasteiger partial charge in [-0.25, -0.2) is 4.39 Å². The van der Waals surface area contributed by atoms with Crippen LogP contribution in [-0.4, -0.2) is 29.5 Å². The molecule has 0 unspecified atom stereocenters. The first-order valence-corrected chi connectivity index (χ1v) is 5.35. The van der Waals surface area contributed by atoms with Gasteiger partial charge in [0.25, 0.3) is 0 Å². The standard InChI is InChI=1S/C10H13BrFNO2/c11-9-2-1-7(3-10(9)12)4-13-8(5-14)6-15/h1-3,8,13-15H,4-6H2. The van der Waals surface area contributed by atoms with E-state index in [1.165, 1.54) is 6.07 Å². The predicted molar refractivity (Wildman–Crippen MR) is 58.9 cm³/mol. The Hall–Kier alpha value is -0.490. The Morgan fingerprint density at radius 1 is 1.33 bits per heavy atom. The molecular weight excluding hydrogens is 265 g/mol. The highest BCUT2D eigenvalue weighted by Gasteiger charge is 2.05. The van der Waals surface area contributed by atoms with Gasteiger partial charge in [-0.1, -0.05) is 6.07 Å². The van der Waals surface area contributed by atoms with Gasteiger partial charge in [0.15, 0.2) is 0 Å². The molecule has 0 fully saturated rings. The molecule has 1 aromatic carbocycles. The molecule has 1 rings (SSSR count). The molecule has 0 aliphatic heterocycles. The Bertz CT molecular complexity index is 318. The van der Waals surface area contributed by atoms with Gasteiger partial charge in [0.2, 0.25) is 0 Å². The minimum atomic E-state index is -0.364. The predicted octanol–water partition coefficient (Wildman–Crippen LogP) is 1.03. The molecule has 1 aromatic rings. The first kappa shape index (κ1) is 12.6. The summed E-state index contributed by atoms with van der Waals surface area (Å²) in [4.78, 5) is 0. The first-order chi connectivity index (χ1) is 7.17. The van der Waals surface area contributed by atoms with Crippen LogP contribution < -0.4 is 5.32 Å². The van der Waals surface area contributed by atoms with Crippen molar-refractivity contribution in [2.45, 2.75) is 12.6 Å². The highest BCUT2D eigenvalue weighted by molar-refractivity contribution is 9.10. The van der Waals surface area contributed by atoms with Gasteiger partial charge >= 0.3 is 0 Å². The lowest BCUT2D eigenvalue weighted by Crippen LogP contribution is -2.35. The SMILES string of the molecule is OCC(CO)NCc1ccc(Br)c(F)c1.